The summed E-state index contributed by atoms with van der Waals surface area (Å²) >= 11 is 3.23. The minimum Gasteiger partial charge on any atom is -0.203 e. The maximum Gasteiger partial charge on any atom is 0.166 e. The zero-order valence-electron chi connectivity index (χ0n) is 9.70. The molecule has 2 rings (SSSR count). The Kier molecular flexibility index (Phi) is 4.08. The fourth-order valence-electron chi connectivity index (χ4n) is 1.54. The number of hydrogen-bond acceptors (Lipinski definition) is 1. The predicted octanol–water partition coefficient (Wildman–Crippen LogP) is 5.09. The number of halogens is 3. The topological polar surface area (TPSA) is 23.8 Å². The molecule has 0 aromatic heterocycles. The van der Waals surface area contributed by atoms with E-state index in [-0.39, 0.29) is 11.1 Å². The van der Waals surface area contributed by atoms with Crippen LogP contribution in [0.1, 0.15) is 16.7 Å². The molecule has 0 saturated heterocycles. The summed E-state index contributed by atoms with van der Waals surface area (Å²) < 4.78 is 28.7. The zero-order chi connectivity index (χ0) is 13.8. The molecule has 19 heavy (non-hydrogen) atoms. The Morgan fingerprint density at radius 3 is 1.68 bits per heavy atom. The van der Waals surface area contributed by atoms with Gasteiger partial charge in [-0.15, -0.1) is 0 Å². The predicted molar refractivity (Wildman–Crippen MR) is 74.3 cm³/mol. The highest BCUT2D eigenvalue weighted by molar-refractivity contribution is 9.10. The van der Waals surface area contributed by atoms with Gasteiger partial charge in [0.15, 0.2) is 11.7 Å². The molecule has 2 aromatic carbocycles. The van der Waals surface area contributed by atoms with Crippen LogP contribution in [0.4, 0.5) is 8.78 Å². The lowest BCUT2D eigenvalue weighted by atomic mass is 10.1. The molecule has 0 bridgehead atoms. The number of rotatable bonds is 2. The van der Waals surface area contributed by atoms with Crippen molar-refractivity contribution in [3.05, 3.63) is 69.7 Å². The molecule has 0 unspecified atom stereocenters. The SMILES string of the molecule is N#Cc1ccc(/C(F)=C(/F)c2ccc(Br)cc2)cc1. The molecule has 1 nitrogen and oxygen atoms in total. The Morgan fingerprint density at radius 1 is 0.842 bits per heavy atom. The molecule has 2 aromatic rings. The van der Waals surface area contributed by atoms with E-state index in [9.17, 15) is 8.78 Å². The van der Waals surface area contributed by atoms with E-state index < -0.39 is 11.7 Å². The van der Waals surface area contributed by atoms with E-state index >= 15 is 0 Å². The van der Waals surface area contributed by atoms with E-state index in [4.69, 9.17) is 5.26 Å². The quantitative estimate of drug-likeness (QED) is 0.708. The van der Waals surface area contributed by atoms with Crippen LogP contribution in [0.3, 0.4) is 0 Å². The molecule has 0 aliphatic heterocycles. The summed E-state index contributed by atoms with van der Waals surface area (Å²) in [5.74, 6) is -1.86. The zero-order valence-corrected chi connectivity index (χ0v) is 11.3. The molecule has 0 atom stereocenters. The lowest BCUT2D eigenvalue weighted by molar-refractivity contribution is 0.700. The maximum absolute atomic E-state index is 14.0. The van der Waals surface area contributed by atoms with Gasteiger partial charge in [0.1, 0.15) is 0 Å². The van der Waals surface area contributed by atoms with Crippen LogP contribution < -0.4 is 0 Å². The first-order valence-corrected chi connectivity index (χ1v) is 6.23. The van der Waals surface area contributed by atoms with Gasteiger partial charge in [-0.3, -0.25) is 0 Å². The van der Waals surface area contributed by atoms with Crippen molar-refractivity contribution in [1.29, 1.82) is 5.26 Å². The minimum absolute atomic E-state index is 0.111. The number of hydrogen-bond donors (Lipinski definition) is 0. The average molecular weight is 320 g/mol. The molecule has 0 saturated carbocycles. The lowest BCUT2D eigenvalue weighted by Gasteiger charge is -2.02. The van der Waals surface area contributed by atoms with E-state index in [1.165, 1.54) is 36.4 Å². The van der Waals surface area contributed by atoms with Gasteiger partial charge in [-0.05, 0) is 24.3 Å². The molecule has 0 N–H and O–H groups in total. The molecule has 0 radical (unpaired) electrons. The van der Waals surface area contributed by atoms with Crippen LogP contribution in [0, 0.1) is 11.3 Å². The number of nitrogens with zero attached hydrogens (tertiary/aromatic N) is 1. The van der Waals surface area contributed by atoms with Crippen molar-refractivity contribution in [2.45, 2.75) is 0 Å². The monoisotopic (exact) mass is 319 g/mol. The molecule has 0 aliphatic carbocycles. The van der Waals surface area contributed by atoms with E-state index in [2.05, 4.69) is 15.9 Å². The third kappa shape index (κ3) is 3.07. The van der Waals surface area contributed by atoms with Gasteiger partial charge in [0.25, 0.3) is 0 Å². The van der Waals surface area contributed by atoms with Gasteiger partial charge in [0.2, 0.25) is 0 Å². The average Bonchev–Trinajstić information content (AvgIpc) is 2.46. The van der Waals surface area contributed by atoms with Crippen LogP contribution in [0.15, 0.2) is 53.0 Å². The van der Waals surface area contributed by atoms with Crippen molar-refractivity contribution in [2.24, 2.45) is 0 Å². The lowest BCUT2D eigenvalue weighted by Crippen LogP contribution is -1.85. The van der Waals surface area contributed by atoms with E-state index in [0.717, 1.165) is 4.47 Å². The summed E-state index contributed by atoms with van der Waals surface area (Å²) in [4.78, 5) is 0. The van der Waals surface area contributed by atoms with Crippen LogP contribution in [0.5, 0.6) is 0 Å². The highest BCUT2D eigenvalue weighted by Crippen LogP contribution is 2.29. The Labute approximate surface area is 117 Å². The van der Waals surface area contributed by atoms with Gasteiger partial charge >= 0.3 is 0 Å². The Hall–Kier alpha value is -1.99. The summed E-state index contributed by atoms with van der Waals surface area (Å²) in [6, 6.07) is 13.8. The highest BCUT2D eigenvalue weighted by Gasteiger charge is 2.11. The smallest absolute Gasteiger partial charge is 0.166 e. The summed E-state index contributed by atoms with van der Waals surface area (Å²) in [7, 11) is 0. The van der Waals surface area contributed by atoms with Crippen molar-refractivity contribution in [3.63, 3.8) is 0 Å². The van der Waals surface area contributed by atoms with Crippen molar-refractivity contribution < 1.29 is 8.78 Å². The molecule has 0 heterocycles. The highest BCUT2D eigenvalue weighted by atomic mass is 79.9. The van der Waals surface area contributed by atoms with Gasteiger partial charge in [-0.1, -0.05) is 40.2 Å². The van der Waals surface area contributed by atoms with Crippen molar-refractivity contribution >= 4 is 27.6 Å². The van der Waals surface area contributed by atoms with Crippen molar-refractivity contribution in [2.75, 3.05) is 0 Å². The Balaban J connectivity index is 2.39. The van der Waals surface area contributed by atoms with Crippen molar-refractivity contribution in [3.8, 4) is 6.07 Å². The van der Waals surface area contributed by atoms with Crippen LogP contribution >= 0.6 is 15.9 Å². The van der Waals surface area contributed by atoms with Crippen molar-refractivity contribution in [1.82, 2.24) is 0 Å². The first-order chi connectivity index (χ1) is 9.11. The molecule has 0 spiro atoms. The fraction of sp³-hybridized carbons (Fsp3) is 0. The first kappa shape index (κ1) is 13.4. The summed E-state index contributed by atoms with van der Waals surface area (Å²) in [6.07, 6.45) is 0. The second kappa shape index (κ2) is 5.77. The molecular formula is C15H8BrF2N. The molecule has 94 valence electrons. The largest absolute Gasteiger partial charge is 0.203 e. The standard InChI is InChI=1S/C15H8BrF2N/c16-13-7-5-12(6-8-13)15(18)14(17)11-3-1-10(9-19)2-4-11/h1-8H/b15-14-. The van der Waals surface area contributed by atoms with Gasteiger partial charge in [0, 0.05) is 15.6 Å². The summed E-state index contributed by atoms with van der Waals surface area (Å²) in [6.45, 7) is 0. The number of benzene rings is 2. The Morgan fingerprint density at radius 2 is 1.26 bits per heavy atom. The van der Waals surface area contributed by atoms with E-state index in [1.807, 2.05) is 6.07 Å². The third-order valence-corrected chi connectivity index (χ3v) is 3.09. The first-order valence-electron chi connectivity index (χ1n) is 5.43. The van der Waals surface area contributed by atoms with E-state index in [1.54, 1.807) is 12.1 Å². The van der Waals surface area contributed by atoms with Crippen LogP contribution in [-0.2, 0) is 0 Å². The normalized spacial score (nSPS) is 11.7. The minimum atomic E-state index is -0.938. The Bertz CT molecular complexity index is 652. The summed E-state index contributed by atoms with van der Waals surface area (Å²) in [5, 5.41) is 8.65. The molecule has 0 aliphatic rings. The second-order valence-corrected chi connectivity index (χ2v) is 4.74. The van der Waals surface area contributed by atoms with E-state index in [0.29, 0.717) is 5.56 Å². The number of nitriles is 1. The second-order valence-electron chi connectivity index (χ2n) is 3.82. The molecule has 0 amide bonds. The third-order valence-electron chi connectivity index (χ3n) is 2.56. The molecule has 4 heteroatoms. The molecule has 0 fully saturated rings. The van der Waals surface area contributed by atoms with Crippen LogP contribution in [-0.4, -0.2) is 0 Å². The fourth-order valence-corrected chi connectivity index (χ4v) is 1.81. The summed E-state index contributed by atoms with van der Waals surface area (Å²) in [5.41, 5.74) is 0.685. The van der Waals surface area contributed by atoms with Gasteiger partial charge in [0.05, 0.1) is 11.6 Å². The van der Waals surface area contributed by atoms with Gasteiger partial charge < -0.3 is 0 Å². The van der Waals surface area contributed by atoms with Crippen LogP contribution in [0.2, 0.25) is 0 Å². The van der Waals surface area contributed by atoms with Gasteiger partial charge in [-0.2, -0.15) is 5.26 Å². The van der Waals surface area contributed by atoms with Gasteiger partial charge in [-0.25, -0.2) is 8.78 Å². The molecular weight excluding hydrogens is 312 g/mol. The maximum atomic E-state index is 14.0. The van der Waals surface area contributed by atoms with Crippen LogP contribution in [0.25, 0.3) is 11.7 Å².